The van der Waals surface area contributed by atoms with Gasteiger partial charge in [0.15, 0.2) is 0 Å². The highest BCUT2D eigenvalue weighted by atomic mass is 16.4. The Morgan fingerprint density at radius 2 is 1.92 bits per heavy atom. The molecule has 0 spiro atoms. The van der Waals surface area contributed by atoms with Crippen molar-refractivity contribution < 1.29 is 9.90 Å². The predicted molar refractivity (Wildman–Crippen MR) is 52.2 cm³/mol. The summed E-state index contributed by atoms with van der Waals surface area (Å²) >= 11 is 0. The van der Waals surface area contributed by atoms with Gasteiger partial charge in [-0.15, -0.1) is 0 Å². The van der Waals surface area contributed by atoms with Crippen LogP contribution in [0, 0.1) is 7.43 Å². The molecule has 0 aromatic heterocycles. The van der Waals surface area contributed by atoms with Crippen LogP contribution < -0.4 is 5.73 Å². The van der Waals surface area contributed by atoms with Crippen molar-refractivity contribution in [1.29, 1.82) is 0 Å². The number of carbonyl (C=O) groups is 1. The lowest BCUT2D eigenvalue weighted by molar-refractivity contribution is -0.138. The second-order valence-electron chi connectivity index (χ2n) is 2.63. The molecule has 0 aliphatic carbocycles. The van der Waals surface area contributed by atoms with Crippen LogP contribution in [0.2, 0.25) is 0 Å². The Bertz CT molecular complexity index is 259. The summed E-state index contributed by atoms with van der Waals surface area (Å²) in [5, 5.41) is 8.52. The minimum Gasteiger partial charge on any atom is -0.480 e. The second kappa shape index (κ2) is 5.32. The lowest BCUT2D eigenvalue weighted by Gasteiger charge is -2.04. The largest absolute Gasteiger partial charge is 0.480 e. The minimum absolute atomic E-state index is 0. The third-order valence-electron chi connectivity index (χ3n) is 1.62. The first kappa shape index (κ1) is 11.6. The van der Waals surface area contributed by atoms with Crippen molar-refractivity contribution in [2.45, 2.75) is 12.5 Å². The van der Waals surface area contributed by atoms with Crippen molar-refractivity contribution in [1.82, 2.24) is 0 Å². The Morgan fingerprint density at radius 1 is 1.38 bits per heavy atom. The van der Waals surface area contributed by atoms with E-state index in [2.05, 4.69) is 0 Å². The van der Waals surface area contributed by atoms with Gasteiger partial charge in [-0.25, -0.2) is 0 Å². The summed E-state index contributed by atoms with van der Waals surface area (Å²) in [5.41, 5.74) is 6.30. The van der Waals surface area contributed by atoms with Crippen LogP contribution in [-0.4, -0.2) is 17.1 Å². The highest BCUT2D eigenvalue weighted by molar-refractivity contribution is 5.73. The number of rotatable bonds is 3. The first-order valence-electron chi connectivity index (χ1n) is 3.72. The molecule has 1 rings (SSSR count). The number of nitrogens with two attached hydrogens (primary N) is 1. The molecule has 13 heavy (non-hydrogen) atoms. The number of hydrogen-bond donors (Lipinski definition) is 2. The van der Waals surface area contributed by atoms with Crippen LogP contribution in [-0.2, 0) is 11.2 Å². The van der Waals surface area contributed by atoms with Gasteiger partial charge in [-0.05, 0) is 12.0 Å². The first-order chi connectivity index (χ1) is 5.70. The highest BCUT2D eigenvalue weighted by Gasteiger charge is 2.10. The van der Waals surface area contributed by atoms with Gasteiger partial charge in [0.25, 0.3) is 0 Å². The molecule has 1 aromatic carbocycles. The monoisotopic (exact) mass is 180 g/mol. The molecule has 3 nitrogen and oxygen atoms in total. The topological polar surface area (TPSA) is 63.3 Å². The van der Waals surface area contributed by atoms with Gasteiger partial charge in [0, 0.05) is 0 Å². The lowest BCUT2D eigenvalue weighted by atomic mass is 10.1. The van der Waals surface area contributed by atoms with E-state index >= 15 is 0 Å². The van der Waals surface area contributed by atoms with Gasteiger partial charge >= 0.3 is 5.97 Å². The van der Waals surface area contributed by atoms with E-state index in [-0.39, 0.29) is 7.43 Å². The number of benzene rings is 1. The lowest BCUT2D eigenvalue weighted by Crippen LogP contribution is -2.32. The fourth-order valence-corrected chi connectivity index (χ4v) is 0.955. The van der Waals surface area contributed by atoms with Crippen molar-refractivity contribution in [2.75, 3.05) is 0 Å². The molecule has 3 N–H and O–H groups in total. The highest BCUT2D eigenvalue weighted by Crippen LogP contribution is 2.01. The minimum atomic E-state index is -0.959. The standard InChI is InChI=1S/C9H11NO2.CH3/c10-8(9(11)12)6-7-4-2-1-3-5-7;/h1-5,8H,6,10H2,(H,11,12);1H3/t8-;/m1./s1. The Labute approximate surface area is 78.2 Å². The number of hydrogen-bond acceptors (Lipinski definition) is 2. The number of carboxylic acid groups (broad SMARTS) is 1. The maximum Gasteiger partial charge on any atom is 0.320 e. The molecule has 71 valence electrons. The van der Waals surface area contributed by atoms with E-state index in [1.807, 2.05) is 30.3 Å². The van der Waals surface area contributed by atoms with Crippen molar-refractivity contribution in [3.63, 3.8) is 0 Å². The van der Waals surface area contributed by atoms with Gasteiger partial charge in [-0.2, -0.15) is 0 Å². The SMILES string of the molecule is N[C@H](Cc1ccccc1)C(=O)O.[CH3]. The fourth-order valence-electron chi connectivity index (χ4n) is 0.955. The Balaban J connectivity index is 0.00000144. The van der Waals surface area contributed by atoms with Gasteiger partial charge in [0.2, 0.25) is 0 Å². The van der Waals surface area contributed by atoms with Crippen molar-refractivity contribution >= 4 is 5.97 Å². The summed E-state index contributed by atoms with van der Waals surface area (Å²) in [6.07, 6.45) is 0.385. The molecule has 0 heterocycles. The average molecular weight is 180 g/mol. The molecular weight excluding hydrogens is 166 g/mol. The predicted octanol–water partition coefficient (Wildman–Crippen LogP) is 1.09. The van der Waals surface area contributed by atoms with Gasteiger partial charge < -0.3 is 10.8 Å². The van der Waals surface area contributed by atoms with E-state index < -0.39 is 12.0 Å². The van der Waals surface area contributed by atoms with E-state index in [9.17, 15) is 4.79 Å². The molecule has 0 bridgehead atoms. The molecule has 1 radical (unpaired) electrons. The third-order valence-corrected chi connectivity index (χ3v) is 1.62. The quantitative estimate of drug-likeness (QED) is 0.731. The first-order valence-corrected chi connectivity index (χ1v) is 3.72. The van der Waals surface area contributed by atoms with E-state index in [4.69, 9.17) is 10.8 Å². The van der Waals surface area contributed by atoms with Crippen LogP contribution in [0.5, 0.6) is 0 Å². The Kier molecular flexibility index (Phi) is 4.77. The molecule has 1 aromatic rings. The van der Waals surface area contributed by atoms with Gasteiger partial charge in [-0.1, -0.05) is 37.8 Å². The summed E-state index contributed by atoms with van der Waals surface area (Å²) in [4.78, 5) is 10.4. The smallest absolute Gasteiger partial charge is 0.320 e. The number of aliphatic carboxylic acids is 1. The zero-order valence-corrected chi connectivity index (χ0v) is 7.60. The molecule has 0 aliphatic rings. The number of carboxylic acids is 1. The fraction of sp³-hybridized carbons (Fsp3) is 0.200. The maximum atomic E-state index is 10.4. The van der Waals surface area contributed by atoms with Crippen LogP contribution in [0.3, 0.4) is 0 Å². The van der Waals surface area contributed by atoms with Crippen LogP contribution in [0.4, 0.5) is 0 Å². The van der Waals surface area contributed by atoms with Crippen LogP contribution in [0.1, 0.15) is 5.56 Å². The second-order valence-corrected chi connectivity index (χ2v) is 2.63. The molecular formula is C10H14NO2. The van der Waals surface area contributed by atoms with E-state index in [0.717, 1.165) is 5.56 Å². The van der Waals surface area contributed by atoms with Crippen molar-refractivity contribution in [3.8, 4) is 0 Å². The van der Waals surface area contributed by atoms with E-state index in [1.165, 1.54) is 0 Å². The summed E-state index contributed by atoms with van der Waals surface area (Å²) in [7, 11) is 0. The average Bonchev–Trinajstić information content (AvgIpc) is 2.06. The van der Waals surface area contributed by atoms with Crippen LogP contribution in [0.25, 0.3) is 0 Å². The van der Waals surface area contributed by atoms with Crippen LogP contribution in [0.15, 0.2) is 30.3 Å². The van der Waals surface area contributed by atoms with E-state index in [1.54, 1.807) is 0 Å². The Hall–Kier alpha value is -1.35. The Morgan fingerprint density at radius 3 is 2.38 bits per heavy atom. The zero-order chi connectivity index (χ0) is 8.97. The zero-order valence-electron chi connectivity index (χ0n) is 7.60. The third kappa shape index (κ3) is 3.71. The normalized spacial score (nSPS) is 11.5. The summed E-state index contributed by atoms with van der Waals surface area (Å²) < 4.78 is 0. The van der Waals surface area contributed by atoms with Gasteiger partial charge in [0.05, 0.1) is 0 Å². The maximum absolute atomic E-state index is 10.4. The summed E-state index contributed by atoms with van der Waals surface area (Å²) in [5.74, 6) is -0.959. The summed E-state index contributed by atoms with van der Waals surface area (Å²) in [6, 6.07) is 8.54. The van der Waals surface area contributed by atoms with Crippen LogP contribution >= 0.6 is 0 Å². The summed E-state index contributed by atoms with van der Waals surface area (Å²) in [6.45, 7) is 0. The van der Waals surface area contributed by atoms with Crippen molar-refractivity contribution in [2.24, 2.45) is 5.73 Å². The molecule has 0 saturated heterocycles. The molecule has 0 unspecified atom stereocenters. The molecule has 3 heteroatoms. The van der Waals surface area contributed by atoms with Gasteiger partial charge in [0.1, 0.15) is 6.04 Å². The van der Waals surface area contributed by atoms with Crippen molar-refractivity contribution in [3.05, 3.63) is 43.3 Å². The molecule has 1 atom stereocenters. The molecule has 0 aliphatic heterocycles. The molecule has 0 saturated carbocycles. The van der Waals surface area contributed by atoms with Gasteiger partial charge in [-0.3, -0.25) is 4.79 Å². The molecule has 0 fully saturated rings. The van der Waals surface area contributed by atoms with E-state index in [0.29, 0.717) is 6.42 Å². The molecule has 0 amide bonds.